The Morgan fingerprint density at radius 3 is 2.19 bits per heavy atom. The first-order chi connectivity index (χ1) is 12.3. The Balaban J connectivity index is 2.49. The van der Waals surface area contributed by atoms with Gasteiger partial charge in [0.2, 0.25) is 15.4 Å². The molecule has 0 spiro atoms. The number of sulfonamides is 1. The van der Waals surface area contributed by atoms with Crippen molar-refractivity contribution in [2.45, 2.75) is 24.8 Å². The molecular weight excluding hydrogens is 354 g/mol. The maximum Gasteiger partial charge on any atom is 0.420 e. The van der Waals surface area contributed by atoms with Gasteiger partial charge in [0.05, 0.1) is 12.0 Å². The van der Waals surface area contributed by atoms with Gasteiger partial charge in [-0.25, -0.2) is 8.42 Å². The quantitative estimate of drug-likeness (QED) is 0.593. The summed E-state index contributed by atoms with van der Waals surface area (Å²) in [6.45, 7) is 3.16. The lowest BCUT2D eigenvalue weighted by Gasteiger charge is -2.14. The Morgan fingerprint density at radius 2 is 1.73 bits per heavy atom. The molecule has 0 aliphatic heterocycles. The van der Waals surface area contributed by atoms with Crippen molar-refractivity contribution in [3.63, 3.8) is 0 Å². The van der Waals surface area contributed by atoms with Crippen LogP contribution in [0.4, 0.5) is 0 Å². The summed E-state index contributed by atoms with van der Waals surface area (Å²) in [7, 11) is -2.41. The van der Waals surface area contributed by atoms with Gasteiger partial charge >= 0.3 is 5.70 Å². The summed E-state index contributed by atoms with van der Waals surface area (Å²) in [5, 5.41) is 19.1. The third kappa shape index (κ3) is 4.39. The van der Waals surface area contributed by atoms with Gasteiger partial charge in [0.1, 0.15) is 5.75 Å². The highest BCUT2D eigenvalue weighted by Crippen LogP contribution is 2.28. The molecule has 0 fully saturated rings. The number of nitrogens with zero attached hydrogens (tertiary/aromatic N) is 2. The van der Waals surface area contributed by atoms with Crippen molar-refractivity contribution in [3.05, 3.63) is 76.1 Å². The summed E-state index contributed by atoms with van der Waals surface area (Å²) in [6.07, 6.45) is 0. The molecule has 0 saturated heterocycles. The molecule has 1 atom stereocenters. The highest BCUT2D eigenvalue weighted by Gasteiger charge is 2.35. The van der Waals surface area contributed by atoms with Gasteiger partial charge in [0.15, 0.2) is 16.8 Å². The van der Waals surface area contributed by atoms with E-state index >= 15 is 0 Å². The highest BCUT2D eigenvalue weighted by atomic mass is 32.2. The lowest BCUT2D eigenvalue weighted by Crippen LogP contribution is -2.30. The fraction of sp³-hybridized carbons (Fsp3) is 0.222. The molecule has 0 heterocycles. The van der Waals surface area contributed by atoms with Gasteiger partial charge in [-0.3, -0.25) is 0 Å². The van der Waals surface area contributed by atoms with Crippen LogP contribution in [-0.2, 0) is 10.0 Å². The summed E-state index contributed by atoms with van der Waals surface area (Å²) < 4.78 is 33.0. The molecule has 0 aromatic heterocycles. The molecule has 8 heteroatoms. The number of aliphatic hydroxyl groups is 1. The zero-order valence-corrected chi connectivity index (χ0v) is 15.5. The zero-order valence-electron chi connectivity index (χ0n) is 14.7. The van der Waals surface area contributed by atoms with Crippen molar-refractivity contribution in [3.8, 4) is 5.75 Å². The number of nitrogens with one attached hydrogen (secondary N) is 1. The minimum Gasteiger partial charge on any atom is -0.505 e. The van der Waals surface area contributed by atoms with Crippen LogP contribution < -0.4 is 9.46 Å². The van der Waals surface area contributed by atoms with E-state index in [0.717, 1.165) is 5.56 Å². The molecule has 136 valence electrons. The van der Waals surface area contributed by atoms with Gasteiger partial charge in [0.25, 0.3) is 0 Å². The van der Waals surface area contributed by atoms with E-state index < -0.39 is 16.1 Å². The zero-order chi connectivity index (χ0) is 19.3. The largest absolute Gasteiger partial charge is 0.505 e. The monoisotopic (exact) mass is 374 g/mol. The Hall–Kier alpha value is -2.89. The normalized spacial score (nSPS) is 13.5. The maximum absolute atomic E-state index is 12.7. The van der Waals surface area contributed by atoms with Crippen molar-refractivity contribution in [1.82, 2.24) is 4.72 Å². The van der Waals surface area contributed by atoms with Crippen LogP contribution in [0.2, 0.25) is 0 Å². The predicted octanol–water partition coefficient (Wildman–Crippen LogP) is 3.67. The summed E-state index contributed by atoms with van der Waals surface area (Å²) in [5.41, 5.74) is 1.20. The predicted molar refractivity (Wildman–Crippen MR) is 97.6 cm³/mol. The summed E-state index contributed by atoms with van der Waals surface area (Å²) >= 11 is 0. The second-order valence-electron chi connectivity index (χ2n) is 5.71. The molecule has 7 nitrogen and oxygen atoms in total. The number of aryl methyl sites for hydroxylation is 1. The van der Waals surface area contributed by atoms with E-state index in [1.165, 1.54) is 26.2 Å². The molecule has 0 aliphatic carbocycles. The second-order valence-corrected chi connectivity index (χ2v) is 7.43. The van der Waals surface area contributed by atoms with Gasteiger partial charge in [-0.15, -0.1) is 0 Å². The van der Waals surface area contributed by atoms with Gasteiger partial charge < -0.3 is 9.84 Å². The Labute approximate surface area is 152 Å². The second kappa shape index (κ2) is 7.99. The van der Waals surface area contributed by atoms with Crippen LogP contribution in [0.5, 0.6) is 5.75 Å². The molecule has 2 rings (SSSR count). The Morgan fingerprint density at radius 1 is 1.15 bits per heavy atom. The minimum atomic E-state index is -3.93. The first-order valence-corrected chi connectivity index (χ1v) is 9.24. The molecule has 0 bridgehead atoms. The first-order valence-electron chi connectivity index (χ1n) is 7.76. The number of ether oxygens (including phenoxy) is 1. The number of hydrogen-bond donors (Lipinski definition) is 2. The molecule has 0 saturated carbocycles. The van der Waals surface area contributed by atoms with Crippen molar-refractivity contribution >= 4 is 10.0 Å². The van der Waals surface area contributed by atoms with E-state index in [1.54, 1.807) is 36.4 Å². The van der Waals surface area contributed by atoms with Gasteiger partial charge in [-0.2, -0.15) is 4.72 Å². The van der Waals surface area contributed by atoms with Crippen molar-refractivity contribution in [2.75, 3.05) is 7.11 Å². The summed E-state index contributed by atoms with van der Waals surface area (Å²) in [6, 6.07) is 11.8. The fourth-order valence-corrected chi connectivity index (χ4v) is 3.55. The molecule has 0 aliphatic rings. The van der Waals surface area contributed by atoms with Crippen molar-refractivity contribution in [2.24, 2.45) is 0 Å². The third-order valence-corrected chi connectivity index (χ3v) is 5.24. The van der Waals surface area contributed by atoms with E-state index in [2.05, 4.69) is 9.70 Å². The Bertz CT molecular complexity index is 939. The van der Waals surface area contributed by atoms with Crippen molar-refractivity contribution < 1.29 is 18.3 Å². The number of hydrogen-bond acceptors (Lipinski definition) is 5. The average Bonchev–Trinajstić information content (AvgIpc) is 2.61. The number of methoxy groups -OCH3 is 1. The van der Waals surface area contributed by atoms with Crippen LogP contribution >= 0.6 is 0 Å². The van der Waals surface area contributed by atoms with Crippen LogP contribution in [-0.4, -0.2) is 20.6 Å². The van der Waals surface area contributed by atoms with Gasteiger partial charge in [0, 0.05) is 6.92 Å². The van der Waals surface area contributed by atoms with E-state index in [0.29, 0.717) is 11.3 Å². The maximum atomic E-state index is 12.7. The van der Waals surface area contributed by atoms with Gasteiger partial charge in [-0.05, 0) is 36.8 Å². The topological polar surface area (TPSA) is 104 Å². The smallest absolute Gasteiger partial charge is 0.420 e. The standard InChI is InChI=1S/C18H19N3O4S/c1-12-4-10-16(11-5-12)26(23,24)21-18(17(20-19)13(2)22)14-6-8-15(25-3)9-7-14/h4-11,18,21H,1-3H3/p+1/b17-13+. The number of allylic oxidation sites excluding steroid dienone is 1. The molecule has 2 N–H and O–H groups in total. The number of aliphatic hydroxyl groups excluding tert-OH is 1. The number of diazo groups is 1. The van der Waals surface area contributed by atoms with Crippen molar-refractivity contribution in [1.29, 1.82) is 5.39 Å². The minimum absolute atomic E-state index is 0.0643. The van der Waals surface area contributed by atoms with Crippen LogP contribution in [0.25, 0.3) is 4.98 Å². The SMILES string of the molecule is COc1ccc(C(NS(=O)(=O)c2ccc(C)cc2)/C([N+]#N)=C(/C)O)cc1. The van der Waals surface area contributed by atoms with Crippen LogP contribution in [0, 0.1) is 12.3 Å². The highest BCUT2D eigenvalue weighted by molar-refractivity contribution is 7.89. The molecular formula is C18H20N3O4S+. The molecule has 0 amide bonds. The van der Waals surface area contributed by atoms with Crippen LogP contribution in [0.3, 0.4) is 0 Å². The molecule has 2 aromatic rings. The van der Waals surface area contributed by atoms with E-state index in [-0.39, 0.29) is 16.4 Å². The fourth-order valence-electron chi connectivity index (χ4n) is 2.36. The molecule has 1 unspecified atom stereocenters. The third-order valence-electron chi connectivity index (χ3n) is 3.81. The van der Waals surface area contributed by atoms with E-state index in [4.69, 9.17) is 4.74 Å². The van der Waals surface area contributed by atoms with Crippen LogP contribution in [0.15, 0.2) is 64.9 Å². The van der Waals surface area contributed by atoms with E-state index in [9.17, 15) is 18.9 Å². The van der Waals surface area contributed by atoms with E-state index in [1.807, 2.05) is 6.92 Å². The number of rotatable bonds is 6. The summed E-state index contributed by atoms with van der Waals surface area (Å²) in [4.78, 5) is 3.13. The average molecular weight is 374 g/mol. The molecule has 26 heavy (non-hydrogen) atoms. The molecule has 2 aromatic carbocycles. The van der Waals surface area contributed by atoms with Crippen LogP contribution in [0.1, 0.15) is 24.1 Å². The first kappa shape index (κ1) is 19.4. The lowest BCUT2D eigenvalue weighted by molar-refractivity contribution is 0.402. The Kier molecular flexibility index (Phi) is 5.97. The van der Waals surface area contributed by atoms with Gasteiger partial charge in [-0.1, -0.05) is 29.8 Å². The lowest BCUT2D eigenvalue weighted by atomic mass is 10.0. The summed E-state index contributed by atoms with van der Waals surface area (Å²) in [5.74, 6) is 0.279. The molecule has 0 radical (unpaired) electrons. The number of benzene rings is 2.